The van der Waals surface area contributed by atoms with Gasteiger partial charge in [-0.25, -0.2) is 0 Å². The first-order chi connectivity index (χ1) is 14.6. The van der Waals surface area contributed by atoms with E-state index >= 15 is 0 Å². The molecule has 30 heavy (non-hydrogen) atoms. The summed E-state index contributed by atoms with van der Waals surface area (Å²) in [4.78, 5) is 22.8. The van der Waals surface area contributed by atoms with Gasteiger partial charge >= 0.3 is 0 Å². The Morgan fingerprint density at radius 3 is 2.03 bits per heavy atom. The molecule has 0 bridgehead atoms. The van der Waals surface area contributed by atoms with Crippen molar-refractivity contribution in [3.63, 3.8) is 0 Å². The fourth-order valence-corrected chi connectivity index (χ4v) is 3.03. The number of hydrogen-bond donors (Lipinski definition) is 2. The van der Waals surface area contributed by atoms with Gasteiger partial charge in [0.1, 0.15) is 18.4 Å². The van der Waals surface area contributed by atoms with E-state index in [-0.39, 0.29) is 24.3 Å². The van der Waals surface area contributed by atoms with Crippen LogP contribution in [0.25, 0.3) is 0 Å². The highest BCUT2D eigenvalue weighted by Gasteiger charge is 2.16. The van der Waals surface area contributed by atoms with E-state index in [0.29, 0.717) is 18.8 Å². The lowest BCUT2D eigenvalue weighted by Crippen LogP contribution is -2.32. The van der Waals surface area contributed by atoms with Crippen LogP contribution in [0.1, 0.15) is 17.2 Å². The third-order valence-electron chi connectivity index (χ3n) is 4.45. The number of anilines is 1. The molecule has 7 heteroatoms. The van der Waals surface area contributed by atoms with E-state index in [1.165, 1.54) is 6.07 Å². The normalized spacial score (nSPS) is 10.6. The Hall–Kier alpha value is -3.71. The highest BCUT2D eigenvalue weighted by atomic mass is 16.6. The lowest BCUT2D eigenvalue weighted by atomic mass is 10.0. The van der Waals surface area contributed by atoms with Crippen LogP contribution in [0.3, 0.4) is 0 Å². The molecular formula is C23H23N3O4. The average Bonchev–Trinajstić information content (AvgIpc) is 2.78. The molecule has 0 aliphatic carbocycles. The summed E-state index contributed by atoms with van der Waals surface area (Å²) in [5.74, 6) is -0.253. The molecule has 1 amide bonds. The maximum absolute atomic E-state index is 12.2. The van der Waals surface area contributed by atoms with Crippen LogP contribution < -0.4 is 10.6 Å². The highest BCUT2D eigenvalue weighted by Crippen LogP contribution is 2.25. The summed E-state index contributed by atoms with van der Waals surface area (Å²) in [6, 6.07) is 25.9. The van der Waals surface area contributed by atoms with Gasteiger partial charge in [-0.15, -0.1) is 0 Å². The minimum absolute atomic E-state index is 0.000670. The molecule has 0 atom stereocenters. The number of nitrogens with zero attached hydrogens (tertiary/aromatic N) is 1. The van der Waals surface area contributed by atoms with Crippen LogP contribution in [0.5, 0.6) is 0 Å². The fourth-order valence-electron chi connectivity index (χ4n) is 3.03. The Morgan fingerprint density at radius 2 is 1.43 bits per heavy atom. The lowest BCUT2D eigenvalue weighted by Gasteiger charge is -2.19. The average molecular weight is 405 g/mol. The molecule has 0 aliphatic rings. The monoisotopic (exact) mass is 405 g/mol. The van der Waals surface area contributed by atoms with Crippen molar-refractivity contribution in [2.24, 2.45) is 0 Å². The maximum atomic E-state index is 12.2. The molecule has 0 radical (unpaired) electrons. The zero-order valence-corrected chi connectivity index (χ0v) is 16.4. The molecule has 0 spiro atoms. The van der Waals surface area contributed by atoms with Crippen LogP contribution in [0.2, 0.25) is 0 Å². The van der Waals surface area contributed by atoms with E-state index in [2.05, 4.69) is 10.6 Å². The Morgan fingerprint density at radius 1 is 0.867 bits per heavy atom. The minimum Gasteiger partial charge on any atom is -0.378 e. The van der Waals surface area contributed by atoms with Gasteiger partial charge in [-0.2, -0.15) is 0 Å². The van der Waals surface area contributed by atoms with Crippen molar-refractivity contribution < 1.29 is 14.5 Å². The molecular weight excluding hydrogens is 382 g/mol. The summed E-state index contributed by atoms with van der Waals surface area (Å²) in [7, 11) is 0. The largest absolute Gasteiger partial charge is 0.378 e. The van der Waals surface area contributed by atoms with Crippen molar-refractivity contribution in [1.82, 2.24) is 5.32 Å². The summed E-state index contributed by atoms with van der Waals surface area (Å²) in [5.41, 5.74) is 2.35. The molecule has 2 N–H and O–H groups in total. The molecule has 3 aromatic carbocycles. The predicted molar refractivity (Wildman–Crippen MR) is 115 cm³/mol. The standard InChI is InChI=1S/C23H23N3O4/c27-22(25-16-15-24-20-13-7-8-14-21(20)26(28)29)17-30-23(18-9-3-1-4-10-18)19-11-5-2-6-12-19/h1-14,23-24H,15-17H2,(H,25,27). The van der Waals surface area contributed by atoms with Crippen LogP contribution >= 0.6 is 0 Å². The Balaban J connectivity index is 1.50. The third kappa shape index (κ3) is 5.89. The summed E-state index contributed by atoms with van der Waals surface area (Å²) in [6.45, 7) is 0.576. The van der Waals surface area contributed by atoms with Gasteiger partial charge in [0.05, 0.1) is 4.92 Å². The molecule has 0 saturated heterocycles. The lowest BCUT2D eigenvalue weighted by molar-refractivity contribution is -0.384. The number of carbonyl (C=O) groups is 1. The van der Waals surface area contributed by atoms with E-state index < -0.39 is 4.92 Å². The van der Waals surface area contributed by atoms with Gasteiger partial charge in [0.2, 0.25) is 5.91 Å². The molecule has 0 fully saturated rings. The van der Waals surface area contributed by atoms with Crippen LogP contribution in [-0.4, -0.2) is 30.5 Å². The van der Waals surface area contributed by atoms with Gasteiger partial charge in [-0.05, 0) is 17.2 Å². The SMILES string of the molecule is O=C(COC(c1ccccc1)c1ccccc1)NCCNc1ccccc1[N+](=O)[O-]. The number of nitro groups is 1. The van der Waals surface area contributed by atoms with E-state index in [1.807, 2.05) is 60.7 Å². The minimum atomic E-state index is -0.442. The first-order valence-corrected chi connectivity index (χ1v) is 9.60. The molecule has 0 saturated carbocycles. The number of nitrogens with one attached hydrogen (secondary N) is 2. The fraction of sp³-hybridized carbons (Fsp3) is 0.174. The first kappa shape index (κ1) is 21.0. The van der Waals surface area contributed by atoms with Crippen molar-refractivity contribution >= 4 is 17.3 Å². The van der Waals surface area contributed by atoms with Gasteiger partial charge in [0, 0.05) is 19.2 Å². The Bertz CT molecular complexity index is 925. The summed E-state index contributed by atoms with van der Waals surface area (Å²) >= 11 is 0. The van der Waals surface area contributed by atoms with Crippen molar-refractivity contribution in [2.45, 2.75) is 6.10 Å². The van der Waals surface area contributed by atoms with Crippen molar-refractivity contribution in [3.05, 3.63) is 106 Å². The molecule has 0 aromatic heterocycles. The quantitative estimate of drug-likeness (QED) is 0.303. The Kier molecular flexibility index (Phi) is 7.51. The van der Waals surface area contributed by atoms with E-state index in [9.17, 15) is 14.9 Å². The van der Waals surface area contributed by atoms with Crippen LogP contribution in [0, 0.1) is 10.1 Å². The van der Waals surface area contributed by atoms with E-state index in [1.54, 1.807) is 18.2 Å². The Labute approximate surface area is 174 Å². The zero-order valence-electron chi connectivity index (χ0n) is 16.4. The molecule has 3 rings (SSSR count). The van der Waals surface area contributed by atoms with Gasteiger partial charge in [0.15, 0.2) is 0 Å². The van der Waals surface area contributed by atoms with Gasteiger partial charge in [-0.3, -0.25) is 14.9 Å². The third-order valence-corrected chi connectivity index (χ3v) is 4.45. The highest BCUT2D eigenvalue weighted by molar-refractivity contribution is 5.77. The summed E-state index contributed by atoms with van der Waals surface area (Å²) in [6.07, 6.45) is -0.344. The molecule has 0 unspecified atom stereocenters. The van der Waals surface area contributed by atoms with Crippen LogP contribution in [-0.2, 0) is 9.53 Å². The second-order valence-electron chi connectivity index (χ2n) is 6.56. The smallest absolute Gasteiger partial charge is 0.292 e. The van der Waals surface area contributed by atoms with Crippen LogP contribution in [0.15, 0.2) is 84.9 Å². The number of carbonyl (C=O) groups excluding carboxylic acids is 1. The summed E-state index contributed by atoms with van der Waals surface area (Å²) in [5, 5.41) is 16.8. The van der Waals surface area contributed by atoms with Crippen molar-refractivity contribution in [2.75, 3.05) is 25.0 Å². The van der Waals surface area contributed by atoms with Crippen molar-refractivity contribution in [1.29, 1.82) is 0 Å². The second kappa shape index (κ2) is 10.7. The number of benzene rings is 3. The molecule has 7 nitrogen and oxygen atoms in total. The molecule has 154 valence electrons. The predicted octanol–water partition coefficient (Wildman–Crippen LogP) is 3.93. The van der Waals surface area contributed by atoms with E-state index in [0.717, 1.165) is 11.1 Å². The van der Waals surface area contributed by atoms with Gasteiger partial charge in [-0.1, -0.05) is 72.8 Å². The second-order valence-corrected chi connectivity index (χ2v) is 6.56. The van der Waals surface area contributed by atoms with Crippen LogP contribution in [0.4, 0.5) is 11.4 Å². The summed E-state index contributed by atoms with van der Waals surface area (Å²) < 4.78 is 5.92. The molecule has 0 heterocycles. The van der Waals surface area contributed by atoms with E-state index in [4.69, 9.17) is 4.74 Å². The molecule has 3 aromatic rings. The first-order valence-electron chi connectivity index (χ1n) is 9.60. The number of ether oxygens (including phenoxy) is 1. The maximum Gasteiger partial charge on any atom is 0.292 e. The zero-order chi connectivity index (χ0) is 21.2. The topological polar surface area (TPSA) is 93.5 Å². The van der Waals surface area contributed by atoms with Gasteiger partial charge in [0.25, 0.3) is 5.69 Å². The van der Waals surface area contributed by atoms with Gasteiger partial charge < -0.3 is 15.4 Å². The number of nitro benzene ring substituents is 1. The number of amides is 1. The number of hydrogen-bond acceptors (Lipinski definition) is 5. The number of para-hydroxylation sites is 2. The molecule has 0 aliphatic heterocycles. The number of rotatable bonds is 10. The van der Waals surface area contributed by atoms with Crippen molar-refractivity contribution in [3.8, 4) is 0 Å².